The number of amides is 1. The third kappa shape index (κ3) is 4.45. The lowest BCUT2D eigenvalue weighted by Gasteiger charge is -2.30. The van der Waals surface area contributed by atoms with Gasteiger partial charge in [0.15, 0.2) is 5.69 Å². The number of aromatic nitrogens is 7. The lowest BCUT2D eigenvalue weighted by molar-refractivity contribution is -0.140. The van der Waals surface area contributed by atoms with Crippen LogP contribution in [0.2, 0.25) is 0 Å². The molecule has 4 heterocycles. The number of nitrogens with zero attached hydrogens (tertiary/aromatic N) is 8. The molecule has 0 fully saturated rings. The Morgan fingerprint density at radius 2 is 1.73 bits per heavy atom. The molecule has 1 amide bonds. The van der Waals surface area contributed by atoms with Gasteiger partial charge < -0.3 is 4.90 Å². The minimum atomic E-state index is -4.66. The second kappa shape index (κ2) is 8.75. The van der Waals surface area contributed by atoms with Crippen LogP contribution in [-0.2, 0) is 46.8 Å². The molecule has 0 unspecified atom stereocenters. The first-order valence-corrected chi connectivity index (χ1v) is 11.6. The lowest BCUT2D eigenvalue weighted by Crippen LogP contribution is -2.38. The van der Waals surface area contributed by atoms with Crippen LogP contribution in [0.15, 0.2) is 30.7 Å². The summed E-state index contributed by atoms with van der Waals surface area (Å²) in [4.78, 5) is 15.4. The minimum Gasteiger partial charge on any atom is -0.332 e. The van der Waals surface area contributed by atoms with Gasteiger partial charge in [0.25, 0.3) is 5.91 Å². The first kappa shape index (κ1) is 24.5. The zero-order chi connectivity index (χ0) is 26.6. The molecule has 0 aliphatic carbocycles. The second-order valence-electron chi connectivity index (χ2n) is 9.32. The van der Waals surface area contributed by atoms with E-state index in [1.807, 2.05) is 20.0 Å². The molecule has 13 heteroatoms. The maximum absolute atomic E-state index is 13.9. The Balaban J connectivity index is 1.63. The lowest BCUT2D eigenvalue weighted by atomic mass is 9.88. The van der Waals surface area contributed by atoms with E-state index in [1.165, 1.54) is 24.3 Å². The molecule has 1 aliphatic rings. The van der Waals surface area contributed by atoms with Gasteiger partial charge in [-0.3, -0.25) is 24.1 Å². The van der Waals surface area contributed by atoms with Gasteiger partial charge in [0, 0.05) is 45.0 Å². The number of nitrogens with one attached hydrogen (secondary N) is 1. The number of carbonyl (C=O) groups excluding carboxylic acids is 1. The smallest absolute Gasteiger partial charge is 0.332 e. The number of hydrogen-bond donors (Lipinski definition) is 1. The summed E-state index contributed by atoms with van der Waals surface area (Å²) < 4.78 is 47.5. The SMILES string of the molecule is Cc1cc(CN2CCc3c(cc(Cn4cnn(C)c4=N)cc3-c3cn(C)nc3C(F)(F)F)C2=O)n(C)n1. The summed E-state index contributed by atoms with van der Waals surface area (Å²) in [6.07, 6.45) is -1.45. The van der Waals surface area contributed by atoms with Crippen molar-refractivity contribution < 1.29 is 18.0 Å². The fourth-order valence-corrected chi connectivity index (χ4v) is 4.84. The monoisotopic (exact) mass is 513 g/mol. The van der Waals surface area contributed by atoms with Gasteiger partial charge in [-0.25, -0.2) is 4.68 Å². The number of aryl methyl sites for hydroxylation is 4. The summed E-state index contributed by atoms with van der Waals surface area (Å²) >= 11 is 0. The zero-order valence-corrected chi connectivity index (χ0v) is 20.8. The van der Waals surface area contributed by atoms with E-state index in [9.17, 15) is 18.0 Å². The number of alkyl halides is 3. The predicted molar refractivity (Wildman–Crippen MR) is 126 cm³/mol. The average molecular weight is 514 g/mol. The third-order valence-electron chi connectivity index (χ3n) is 6.59. The molecule has 5 rings (SSSR count). The molecular formula is C24H26F3N9O. The third-order valence-corrected chi connectivity index (χ3v) is 6.59. The maximum atomic E-state index is 13.9. The fourth-order valence-electron chi connectivity index (χ4n) is 4.84. The quantitative estimate of drug-likeness (QED) is 0.443. The summed E-state index contributed by atoms with van der Waals surface area (Å²) in [5.74, 6) is -0.261. The highest BCUT2D eigenvalue weighted by atomic mass is 19.4. The van der Waals surface area contributed by atoms with Gasteiger partial charge in [-0.1, -0.05) is 0 Å². The summed E-state index contributed by atoms with van der Waals surface area (Å²) in [5, 5.41) is 20.3. The Morgan fingerprint density at radius 1 is 1.00 bits per heavy atom. The highest BCUT2D eigenvalue weighted by molar-refractivity contribution is 5.99. The predicted octanol–water partition coefficient (Wildman–Crippen LogP) is 2.41. The molecule has 0 spiro atoms. The summed E-state index contributed by atoms with van der Waals surface area (Å²) in [6.45, 7) is 2.74. The van der Waals surface area contributed by atoms with E-state index in [-0.39, 0.29) is 23.6 Å². The van der Waals surface area contributed by atoms with Gasteiger partial charge in [-0.05, 0) is 48.2 Å². The topological polar surface area (TPSA) is 103 Å². The zero-order valence-electron chi connectivity index (χ0n) is 20.8. The maximum Gasteiger partial charge on any atom is 0.435 e. The molecule has 194 valence electrons. The van der Waals surface area contributed by atoms with Crippen LogP contribution in [0, 0.1) is 12.3 Å². The minimum absolute atomic E-state index is 0.0705. The van der Waals surface area contributed by atoms with Gasteiger partial charge in [-0.2, -0.15) is 28.5 Å². The summed E-state index contributed by atoms with van der Waals surface area (Å²) in [5.41, 5.74) is 2.58. The molecule has 37 heavy (non-hydrogen) atoms. The Hall–Kier alpha value is -4.16. The van der Waals surface area contributed by atoms with Gasteiger partial charge >= 0.3 is 6.18 Å². The highest BCUT2D eigenvalue weighted by Crippen LogP contribution is 2.40. The van der Waals surface area contributed by atoms with Gasteiger partial charge in [0.05, 0.1) is 24.5 Å². The van der Waals surface area contributed by atoms with E-state index in [4.69, 9.17) is 5.41 Å². The summed E-state index contributed by atoms with van der Waals surface area (Å²) in [6, 6.07) is 5.29. The number of fused-ring (bicyclic) bond motifs is 1. The highest BCUT2D eigenvalue weighted by Gasteiger charge is 2.39. The Morgan fingerprint density at radius 3 is 2.35 bits per heavy atom. The number of rotatable bonds is 5. The molecule has 1 aliphatic heterocycles. The van der Waals surface area contributed by atoms with Crippen LogP contribution in [0.5, 0.6) is 0 Å². The molecule has 0 radical (unpaired) electrons. The fraction of sp³-hybridized carbons (Fsp3) is 0.375. The molecule has 0 atom stereocenters. The average Bonchev–Trinajstić information content (AvgIpc) is 3.47. The van der Waals surface area contributed by atoms with Crippen molar-refractivity contribution >= 4 is 5.91 Å². The van der Waals surface area contributed by atoms with Gasteiger partial charge in [0.1, 0.15) is 6.33 Å². The number of carbonyl (C=O) groups is 1. The number of hydrogen-bond acceptors (Lipinski definition) is 5. The molecule has 10 nitrogen and oxygen atoms in total. The van der Waals surface area contributed by atoms with E-state index in [0.717, 1.165) is 16.1 Å². The van der Waals surface area contributed by atoms with Crippen molar-refractivity contribution in [2.24, 2.45) is 21.1 Å². The largest absolute Gasteiger partial charge is 0.435 e. The van der Waals surface area contributed by atoms with Crippen molar-refractivity contribution in [3.8, 4) is 11.1 Å². The van der Waals surface area contributed by atoms with E-state index >= 15 is 0 Å². The molecule has 1 aromatic carbocycles. The molecular weight excluding hydrogens is 487 g/mol. The van der Waals surface area contributed by atoms with Crippen LogP contribution < -0.4 is 5.62 Å². The standard InChI is InChI=1S/C24H26F3N9O/c1-14-7-16(33(3)30-14)11-35-6-5-17-18(20-12-32(2)31-21(20)24(25,26)27)8-15(9-19(17)22(35)37)10-36-13-29-34(4)23(36)28/h7-9,12-13,28H,5-6,10-11H2,1-4H3. The first-order valence-electron chi connectivity index (χ1n) is 11.6. The van der Waals surface area contributed by atoms with Crippen molar-refractivity contribution in [1.29, 1.82) is 5.41 Å². The van der Waals surface area contributed by atoms with Crippen molar-refractivity contribution in [1.82, 2.24) is 38.8 Å². The van der Waals surface area contributed by atoms with Crippen LogP contribution in [0.25, 0.3) is 11.1 Å². The van der Waals surface area contributed by atoms with Crippen LogP contribution in [0.4, 0.5) is 13.2 Å². The molecule has 4 aromatic rings. The number of benzene rings is 1. The van der Waals surface area contributed by atoms with Crippen molar-refractivity contribution in [3.63, 3.8) is 0 Å². The van der Waals surface area contributed by atoms with E-state index in [1.54, 1.807) is 33.3 Å². The molecule has 0 saturated carbocycles. The van der Waals surface area contributed by atoms with E-state index in [0.29, 0.717) is 41.8 Å². The van der Waals surface area contributed by atoms with Gasteiger partial charge in [-0.15, -0.1) is 0 Å². The summed E-state index contributed by atoms with van der Waals surface area (Å²) in [7, 11) is 4.88. The molecule has 1 N–H and O–H groups in total. The Kier molecular flexibility index (Phi) is 5.80. The Labute approximate surface area is 210 Å². The van der Waals surface area contributed by atoms with Crippen LogP contribution >= 0.6 is 0 Å². The Bertz CT molecular complexity index is 1570. The van der Waals surface area contributed by atoms with E-state index < -0.39 is 11.9 Å². The second-order valence-corrected chi connectivity index (χ2v) is 9.32. The van der Waals surface area contributed by atoms with Crippen molar-refractivity contribution in [2.45, 2.75) is 32.6 Å². The van der Waals surface area contributed by atoms with Crippen LogP contribution in [-0.4, -0.2) is 51.3 Å². The molecule has 0 saturated heterocycles. The van der Waals surface area contributed by atoms with Crippen LogP contribution in [0.3, 0.4) is 0 Å². The van der Waals surface area contributed by atoms with Crippen LogP contribution in [0.1, 0.15) is 38.6 Å². The molecule has 0 bridgehead atoms. The van der Waals surface area contributed by atoms with Gasteiger partial charge in [0.2, 0.25) is 5.62 Å². The molecule has 3 aromatic heterocycles. The normalized spacial score (nSPS) is 13.9. The van der Waals surface area contributed by atoms with Crippen molar-refractivity contribution in [2.75, 3.05) is 6.54 Å². The first-order chi connectivity index (χ1) is 17.4. The van der Waals surface area contributed by atoms with E-state index in [2.05, 4.69) is 15.3 Å². The van der Waals surface area contributed by atoms with Crippen molar-refractivity contribution in [3.05, 3.63) is 70.1 Å². The number of halogens is 3.